The lowest BCUT2D eigenvalue weighted by Gasteiger charge is -2.12. The maximum atomic E-state index is 9.11. The lowest BCUT2D eigenvalue weighted by molar-refractivity contribution is 0.235. The molecule has 19 heavy (non-hydrogen) atoms. The molecule has 3 nitrogen and oxygen atoms in total. The van der Waals surface area contributed by atoms with Gasteiger partial charge in [0, 0.05) is 11.6 Å². The minimum atomic E-state index is 0.105. The lowest BCUT2D eigenvalue weighted by atomic mass is 10.2. The Kier molecular flexibility index (Phi) is 5.02. The third-order valence-electron chi connectivity index (χ3n) is 3.08. The molecule has 0 unspecified atom stereocenters. The minimum absolute atomic E-state index is 0.105. The van der Waals surface area contributed by atoms with Crippen LogP contribution in [0, 0.1) is 0 Å². The molecule has 0 spiro atoms. The van der Waals surface area contributed by atoms with Gasteiger partial charge in [0.05, 0.1) is 18.2 Å². The Morgan fingerprint density at radius 3 is 2.74 bits per heavy atom. The average molecular weight is 280 g/mol. The summed E-state index contributed by atoms with van der Waals surface area (Å²) in [6.07, 6.45) is 0.884. The fourth-order valence-corrected chi connectivity index (χ4v) is 2.09. The highest BCUT2D eigenvalue weighted by Crippen LogP contribution is 2.28. The van der Waals surface area contributed by atoms with Crippen LogP contribution in [0.2, 0.25) is 5.02 Å². The number of aliphatic hydroxyl groups excluding tert-OH is 1. The largest absolute Gasteiger partial charge is 0.460 e. The number of hydrogen-bond acceptors (Lipinski definition) is 3. The zero-order chi connectivity index (χ0) is 13.7. The third-order valence-corrected chi connectivity index (χ3v) is 3.41. The lowest BCUT2D eigenvalue weighted by Crippen LogP contribution is -2.30. The summed E-state index contributed by atoms with van der Waals surface area (Å²) in [7, 11) is 0. The molecule has 2 rings (SSSR count). The van der Waals surface area contributed by atoms with E-state index in [1.54, 1.807) is 0 Å². The molecule has 1 atom stereocenters. The van der Waals surface area contributed by atoms with E-state index in [0.717, 1.165) is 23.5 Å². The van der Waals surface area contributed by atoms with Crippen molar-refractivity contribution in [2.75, 3.05) is 6.61 Å². The van der Waals surface area contributed by atoms with Crippen LogP contribution in [0.1, 0.15) is 19.1 Å². The SMILES string of the molecule is CC[C@@H](CO)NCc1ccc(-c2ccccc2Cl)o1. The van der Waals surface area contributed by atoms with Gasteiger partial charge in [-0.3, -0.25) is 0 Å². The first kappa shape index (κ1) is 14.1. The average Bonchev–Trinajstić information content (AvgIpc) is 2.89. The third kappa shape index (κ3) is 3.60. The van der Waals surface area contributed by atoms with E-state index in [1.807, 2.05) is 43.3 Å². The Morgan fingerprint density at radius 2 is 2.05 bits per heavy atom. The smallest absolute Gasteiger partial charge is 0.135 e. The molecule has 2 aromatic rings. The molecule has 0 aliphatic carbocycles. The molecule has 0 amide bonds. The number of nitrogens with one attached hydrogen (secondary N) is 1. The first-order valence-corrected chi connectivity index (χ1v) is 6.80. The molecule has 0 aliphatic heterocycles. The molecule has 1 heterocycles. The van der Waals surface area contributed by atoms with Gasteiger partial charge in [-0.15, -0.1) is 0 Å². The predicted octanol–water partition coefficient (Wildman–Crippen LogP) is 3.46. The van der Waals surface area contributed by atoms with Crippen LogP contribution in [0.3, 0.4) is 0 Å². The van der Waals surface area contributed by atoms with Crippen molar-refractivity contribution in [1.82, 2.24) is 5.32 Å². The number of halogens is 1. The molecular formula is C15H18ClNO2. The van der Waals surface area contributed by atoms with Gasteiger partial charge >= 0.3 is 0 Å². The zero-order valence-electron chi connectivity index (χ0n) is 10.9. The summed E-state index contributed by atoms with van der Waals surface area (Å²) in [4.78, 5) is 0. The van der Waals surface area contributed by atoms with Crippen molar-refractivity contribution in [3.63, 3.8) is 0 Å². The van der Waals surface area contributed by atoms with Gasteiger partial charge in [-0.05, 0) is 30.7 Å². The van der Waals surface area contributed by atoms with Crippen LogP contribution in [0.25, 0.3) is 11.3 Å². The molecule has 4 heteroatoms. The Hall–Kier alpha value is -1.29. The fourth-order valence-electron chi connectivity index (χ4n) is 1.86. The molecule has 102 valence electrons. The number of benzene rings is 1. The summed E-state index contributed by atoms with van der Waals surface area (Å²) in [5.74, 6) is 1.60. The maximum absolute atomic E-state index is 9.11. The summed E-state index contributed by atoms with van der Waals surface area (Å²) in [5, 5.41) is 13.0. The van der Waals surface area contributed by atoms with Crippen LogP contribution >= 0.6 is 11.6 Å². The molecular weight excluding hydrogens is 262 g/mol. The normalized spacial score (nSPS) is 12.6. The van der Waals surface area contributed by atoms with Gasteiger partial charge in [0.2, 0.25) is 0 Å². The van der Waals surface area contributed by atoms with Crippen molar-refractivity contribution < 1.29 is 9.52 Å². The Bertz CT molecular complexity index is 520. The van der Waals surface area contributed by atoms with Gasteiger partial charge in [-0.1, -0.05) is 30.7 Å². The second-order valence-electron chi connectivity index (χ2n) is 4.41. The highest BCUT2D eigenvalue weighted by Gasteiger charge is 2.09. The Labute approximate surface area is 118 Å². The molecule has 1 aromatic carbocycles. The fraction of sp³-hybridized carbons (Fsp3) is 0.333. The molecule has 1 aromatic heterocycles. The van der Waals surface area contributed by atoms with E-state index in [-0.39, 0.29) is 12.6 Å². The van der Waals surface area contributed by atoms with Crippen molar-refractivity contribution >= 4 is 11.6 Å². The van der Waals surface area contributed by atoms with Crippen LogP contribution in [-0.4, -0.2) is 17.8 Å². The number of hydrogen-bond donors (Lipinski definition) is 2. The van der Waals surface area contributed by atoms with Gasteiger partial charge in [0.15, 0.2) is 0 Å². The molecule has 0 aliphatic rings. The van der Waals surface area contributed by atoms with Crippen molar-refractivity contribution in [2.45, 2.75) is 25.9 Å². The summed E-state index contributed by atoms with van der Waals surface area (Å²) >= 11 is 6.13. The van der Waals surface area contributed by atoms with Gasteiger partial charge in [-0.2, -0.15) is 0 Å². The van der Waals surface area contributed by atoms with E-state index in [1.165, 1.54) is 0 Å². The second kappa shape index (κ2) is 6.75. The summed E-state index contributed by atoms with van der Waals surface area (Å²) < 4.78 is 5.76. The molecule has 2 N–H and O–H groups in total. The highest BCUT2D eigenvalue weighted by atomic mass is 35.5. The molecule has 0 saturated carbocycles. The van der Waals surface area contributed by atoms with Gasteiger partial charge in [0.25, 0.3) is 0 Å². The zero-order valence-corrected chi connectivity index (χ0v) is 11.7. The Balaban J connectivity index is 2.05. The maximum Gasteiger partial charge on any atom is 0.135 e. The van der Waals surface area contributed by atoms with Crippen LogP contribution in [0.15, 0.2) is 40.8 Å². The van der Waals surface area contributed by atoms with Crippen LogP contribution in [-0.2, 0) is 6.54 Å². The summed E-state index contributed by atoms with van der Waals surface area (Å²) in [6.45, 7) is 2.77. The van der Waals surface area contributed by atoms with E-state index in [0.29, 0.717) is 11.6 Å². The van der Waals surface area contributed by atoms with E-state index < -0.39 is 0 Å². The number of rotatable bonds is 6. The van der Waals surface area contributed by atoms with Gasteiger partial charge in [0.1, 0.15) is 11.5 Å². The van der Waals surface area contributed by atoms with E-state index in [4.69, 9.17) is 21.1 Å². The number of aliphatic hydroxyl groups is 1. The molecule has 0 bridgehead atoms. The summed E-state index contributed by atoms with van der Waals surface area (Å²) in [5.41, 5.74) is 0.893. The minimum Gasteiger partial charge on any atom is -0.460 e. The van der Waals surface area contributed by atoms with Crippen LogP contribution in [0.5, 0.6) is 0 Å². The van der Waals surface area contributed by atoms with Crippen molar-refractivity contribution in [3.8, 4) is 11.3 Å². The van der Waals surface area contributed by atoms with E-state index >= 15 is 0 Å². The van der Waals surface area contributed by atoms with E-state index in [2.05, 4.69) is 5.32 Å². The standard InChI is InChI=1S/C15H18ClNO2/c1-2-11(10-18)17-9-12-7-8-15(19-12)13-5-3-4-6-14(13)16/h3-8,11,17-18H,2,9-10H2,1H3/t11-/m0/s1. The number of furan rings is 1. The molecule has 0 saturated heterocycles. The topological polar surface area (TPSA) is 45.4 Å². The first-order valence-electron chi connectivity index (χ1n) is 6.42. The molecule has 0 radical (unpaired) electrons. The monoisotopic (exact) mass is 279 g/mol. The van der Waals surface area contributed by atoms with Crippen LogP contribution < -0.4 is 5.32 Å². The van der Waals surface area contributed by atoms with Gasteiger partial charge in [-0.25, -0.2) is 0 Å². The molecule has 0 fully saturated rings. The predicted molar refractivity (Wildman–Crippen MR) is 77.2 cm³/mol. The van der Waals surface area contributed by atoms with Crippen molar-refractivity contribution in [1.29, 1.82) is 0 Å². The first-order chi connectivity index (χ1) is 9.24. The summed E-state index contributed by atoms with van der Waals surface area (Å²) in [6, 6.07) is 11.5. The Morgan fingerprint density at radius 1 is 1.26 bits per heavy atom. The van der Waals surface area contributed by atoms with Gasteiger partial charge < -0.3 is 14.8 Å². The van der Waals surface area contributed by atoms with Crippen molar-refractivity contribution in [2.24, 2.45) is 0 Å². The quantitative estimate of drug-likeness (QED) is 0.851. The highest BCUT2D eigenvalue weighted by molar-refractivity contribution is 6.33. The van der Waals surface area contributed by atoms with Crippen molar-refractivity contribution in [3.05, 3.63) is 47.2 Å². The van der Waals surface area contributed by atoms with E-state index in [9.17, 15) is 0 Å². The van der Waals surface area contributed by atoms with Crippen LogP contribution in [0.4, 0.5) is 0 Å². The second-order valence-corrected chi connectivity index (χ2v) is 4.82.